The van der Waals surface area contributed by atoms with Gasteiger partial charge in [0.25, 0.3) is 5.91 Å². The lowest BCUT2D eigenvalue weighted by Gasteiger charge is -2.16. The van der Waals surface area contributed by atoms with Crippen LogP contribution >= 0.6 is 24.0 Å². The van der Waals surface area contributed by atoms with Gasteiger partial charge in [-0.15, -0.1) is 0 Å². The number of hydrogen-bond donors (Lipinski definition) is 2. The maximum atomic E-state index is 12.9. The Hall–Kier alpha value is -3.04. The van der Waals surface area contributed by atoms with Crippen molar-refractivity contribution in [2.24, 2.45) is 0 Å². The Bertz CT molecular complexity index is 1050. The first-order valence-corrected chi connectivity index (χ1v) is 11.2. The third kappa shape index (κ3) is 5.60. The number of carbonyl (C=O) groups is 2. The van der Waals surface area contributed by atoms with Crippen LogP contribution in [0, 0.1) is 0 Å². The van der Waals surface area contributed by atoms with Gasteiger partial charge >= 0.3 is 5.97 Å². The topological polar surface area (TPSA) is 96.3 Å². The van der Waals surface area contributed by atoms with Crippen LogP contribution in [0.4, 0.5) is 0 Å². The number of carboxylic acid groups (broad SMARTS) is 1. The molecule has 0 bridgehead atoms. The number of methoxy groups -OCH3 is 1. The Morgan fingerprint density at radius 2 is 1.94 bits per heavy atom. The molecule has 2 aromatic rings. The van der Waals surface area contributed by atoms with Gasteiger partial charge in [0.05, 0.1) is 12.0 Å². The summed E-state index contributed by atoms with van der Waals surface area (Å²) in [7, 11) is 1.47. The zero-order valence-electron chi connectivity index (χ0n) is 17.6. The van der Waals surface area contributed by atoms with Crippen LogP contribution in [-0.4, -0.2) is 51.1 Å². The number of amides is 1. The molecule has 1 fully saturated rings. The number of aromatic hydroxyl groups is 1. The summed E-state index contributed by atoms with van der Waals surface area (Å²) >= 11 is 6.62. The van der Waals surface area contributed by atoms with Crippen molar-refractivity contribution in [3.8, 4) is 17.2 Å². The summed E-state index contributed by atoms with van der Waals surface area (Å²) in [4.78, 5) is 26.2. The van der Waals surface area contributed by atoms with Crippen LogP contribution < -0.4 is 9.47 Å². The van der Waals surface area contributed by atoms with Crippen LogP contribution in [0.5, 0.6) is 17.2 Å². The van der Waals surface area contributed by atoms with Gasteiger partial charge in [-0.3, -0.25) is 9.69 Å². The predicted molar refractivity (Wildman–Crippen MR) is 127 cm³/mol. The molecule has 1 aliphatic rings. The number of thioether (sulfide) groups is 1. The first kappa shape index (κ1) is 23.6. The molecule has 32 heavy (non-hydrogen) atoms. The highest BCUT2D eigenvalue weighted by Gasteiger charge is 2.31. The number of benzene rings is 2. The Morgan fingerprint density at radius 3 is 2.56 bits per heavy atom. The summed E-state index contributed by atoms with van der Waals surface area (Å²) in [6.07, 6.45) is 1.68. The summed E-state index contributed by atoms with van der Waals surface area (Å²) in [6, 6.07) is 11.9. The van der Waals surface area contributed by atoms with Gasteiger partial charge < -0.3 is 19.7 Å². The molecule has 0 aromatic heterocycles. The second-order valence-electron chi connectivity index (χ2n) is 7.01. The third-order valence-corrected chi connectivity index (χ3v) is 6.21. The minimum Gasteiger partial charge on any atom is -0.508 e. The summed E-state index contributed by atoms with van der Waals surface area (Å²) in [5.41, 5.74) is 1.70. The summed E-state index contributed by atoms with van der Waals surface area (Å²) < 4.78 is 11.4. The standard InChI is InChI=1S/C23H23NO6S2/c1-3-17(22(27)28)30-18-9-6-15(12-19(18)29-2)13-20-21(26)24(23(31)32-20)11-10-14-4-7-16(25)8-5-14/h4-9,12-13,17,25H,3,10-11H2,1-2H3,(H,27,28)/b20-13+. The molecule has 0 aliphatic carbocycles. The fourth-order valence-corrected chi connectivity index (χ4v) is 4.39. The first-order chi connectivity index (χ1) is 15.3. The molecule has 1 atom stereocenters. The van der Waals surface area contributed by atoms with Crippen LogP contribution in [0.3, 0.4) is 0 Å². The van der Waals surface area contributed by atoms with Crippen molar-refractivity contribution in [3.63, 3.8) is 0 Å². The molecule has 1 heterocycles. The third-order valence-electron chi connectivity index (χ3n) is 4.83. The van der Waals surface area contributed by atoms with Crippen LogP contribution in [0.25, 0.3) is 6.08 Å². The van der Waals surface area contributed by atoms with Gasteiger partial charge in [-0.1, -0.05) is 49.1 Å². The summed E-state index contributed by atoms with van der Waals surface area (Å²) in [6.45, 7) is 2.17. The van der Waals surface area contributed by atoms with E-state index in [1.165, 1.54) is 18.9 Å². The van der Waals surface area contributed by atoms with Crippen LogP contribution in [0.1, 0.15) is 24.5 Å². The van der Waals surface area contributed by atoms with Crippen molar-refractivity contribution >= 4 is 46.3 Å². The van der Waals surface area contributed by atoms with Crippen LogP contribution in [0.15, 0.2) is 47.4 Å². The molecular formula is C23H23NO6S2. The molecule has 9 heteroatoms. The van der Waals surface area contributed by atoms with Crippen LogP contribution in [-0.2, 0) is 16.0 Å². The number of carboxylic acids is 1. The molecule has 1 aliphatic heterocycles. The zero-order valence-corrected chi connectivity index (χ0v) is 19.2. The van der Waals surface area contributed by atoms with Gasteiger partial charge in [-0.05, 0) is 54.3 Å². The predicted octanol–water partition coefficient (Wildman–Crippen LogP) is 4.09. The van der Waals surface area contributed by atoms with E-state index in [9.17, 15) is 19.8 Å². The van der Waals surface area contributed by atoms with E-state index in [1.807, 2.05) is 12.1 Å². The molecule has 3 rings (SSSR count). The van der Waals surface area contributed by atoms with E-state index < -0.39 is 12.1 Å². The minimum absolute atomic E-state index is 0.171. The van der Waals surface area contributed by atoms with Gasteiger partial charge in [-0.25, -0.2) is 4.79 Å². The number of phenolic OH excluding ortho intramolecular Hbond substituents is 1. The lowest BCUT2D eigenvalue weighted by molar-refractivity contribution is -0.145. The molecule has 1 unspecified atom stereocenters. The van der Waals surface area contributed by atoms with Gasteiger partial charge in [0, 0.05) is 6.54 Å². The number of phenols is 1. The maximum absolute atomic E-state index is 12.9. The molecule has 168 valence electrons. The Labute approximate surface area is 195 Å². The molecule has 1 amide bonds. The number of aliphatic carboxylic acids is 1. The molecule has 1 saturated heterocycles. The molecule has 0 saturated carbocycles. The monoisotopic (exact) mass is 473 g/mol. The lowest BCUT2D eigenvalue weighted by atomic mass is 10.1. The van der Waals surface area contributed by atoms with E-state index >= 15 is 0 Å². The summed E-state index contributed by atoms with van der Waals surface area (Å²) in [5.74, 6) is -0.325. The smallest absolute Gasteiger partial charge is 0.344 e. The second-order valence-corrected chi connectivity index (χ2v) is 8.69. The van der Waals surface area contributed by atoms with E-state index in [0.29, 0.717) is 45.7 Å². The van der Waals surface area contributed by atoms with E-state index in [2.05, 4.69) is 0 Å². The number of thiocarbonyl (C=S) groups is 1. The van der Waals surface area contributed by atoms with Gasteiger partial charge in [0.15, 0.2) is 17.6 Å². The van der Waals surface area contributed by atoms with Crippen molar-refractivity contribution < 1.29 is 29.3 Å². The van der Waals surface area contributed by atoms with Gasteiger partial charge in [-0.2, -0.15) is 0 Å². The maximum Gasteiger partial charge on any atom is 0.344 e. The number of rotatable bonds is 9. The van der Waals surface area contributed by atoms with Gasteiger partial charge in [0.1, 0.15) is 10.1 Å². The molecule has 7 nitrogen and oxygen atoms in total. The lowest BCUT2D eigenvalue weighted by Crippen LogP contribution is -2.30. The number of carbonyl (C=O) groups excluding carboxylic acids is 1. The Balaban J connectivity index is 1.73. The molecular weight excluding hydrogens is 450 g/mol. The van der Waals surface area contributed by atoms with Crippen LogP contribution in [0.2, 0.25) is 0 Å². The largest absolute Gasteiger partial charge is 0.508 e. The average molecular weight is 474 g/mol. The fourth-order valence-electron chi connectivity index (χ4n) is 3.08. The van der Waals surface area contributed by atoms with Gasteiger partial charge in [0.2, 0.25) is 0 Å². The highest BCUT2D eigenvalue weighted by molar-refractivity contribution is 8.26. The van der Waals surface area contributed by atoms with Crippen molar-refractivity contribution in [1.29, 1.82) is 0 Å². The summed E-state index contributed by atoms with van der Waals surface area (Å²) in [5, 5.41) is 18.6. The normalized spacial score (nSPS) is 15.8. The number of hydrogen-bond acceptors (Lipinski definition) is 7. The highest BCUT2D eigenvalue weighted by atomic mass is 32.2. The van der Waals surface area contributed by atoms with Crippen molar-refractivity contribution in [2.75, 3.05) is 13.7 Å². The minimum atomic E-state index is -1.05. The Kier molecular flexibility index (Phi) is 7.76. The van der Waals surface area contributed by atoms with Crippen molar-refractivity contribution in [1.82, 2.24) is 4.90 Å². The number of nitrogens with zero attached hydrogens (tertiary/aromatic N) is 1. The van der Waals surface area contributed by atoms with E-state index in [0.717, 1.165) is 5.56 Å². The molecule has 2 aromatic carbocycles. The SMILES string of the molecule is CCC(Oc1ccc(/C=C2/SC(=S)N(CCc3ccc(O)cc3)C2=O)cc1OC)C(=O)O. The molecule has 0 radical (unpaired) electrons. The average Bonchev–Trinajstić information content (AvgIpc) is 3.04. The van der Waals surface area contributed by atoms with Crippen molar-refractivity contribution in [3.05, 3.63) is 58.5 Å². The molecule has 2 N–H and O–H groups in total. The van der Waals surface area contributed by atoms with Crippen molar-refractivity contribution in [2.45, 2.75) is 25.9 Å². The molecule has 0 spiro atoms. The second kappa shape index (κ2) is 10.5. The zero-order chi connectivity index (χ0) is 23.3. The van der Waals surface area contributed by atoms with E-state index in [-0.39, 0.29) is 11.7 Å². The number of ether oxygens (including phenoxy) is 2. The Morgan fingerprint density at radius 1 is 1.22 bits per heavy atom. The fraction of sp³-hybridized carbons (Fsp3) is 0.261. The van der Waals surface area contributed by atoms with E-state index in [4.69, 9.17) is 21.7 Å². The first-order valence-electron chi connectivity index (χ1n) is 9.93. The quantitative estimate of drug-likeness (QED) is 0.415. The van der Waals surface area contributed by atoms with E-state index in [1.54, 1.807) is 48.2 Å². The highest BCUT2D eigenvalue weighted by Crippen LogP contribution is 2.35.